The van der Waals surface area contributed by atoms with Gasteiger partial charge in [-0.05, 0) is 31.5 Å². The Bertz CT molecular complexity index is 572. The lowest BCUT2D eigenvalue weighted by Gasteiger charge is -2.33. The van der Waals surface area contributed by atoms with Crippen molar-refractivity contribution in [3.05, 3.63) is 35.4 Å². The Balaban J connectivity index is 2.00. The summed E-state index contributed by atoms with van der Waals surface area (Å²) in [4.78, 5) is 25.6. The van der Waals surface area contributed by atoms with Crippen LogP contribution < -0.4 is 5.32 Å². The third kappa shape index (κ3) is 4.99. The molecule has 0 spiro atoms. The van der Waals surface area contributed by atoms with Crippen LogP contribution in [0.3, 0.4) is 0 Å². The molecule has 0 aromatic heterocycles. The number of carbonyl (C=O) groups excluding carboxylic acids is 2. The highest BCUT2D eigenvalue weighted by Gasteiger charge is 2.30. The molecular weight excluding hydrogens is 306 g/mol. The van der Waals surface area contributed by atoms with Gasteiger partial charge in [0.25, 0.3) is 0 Å². The Kier molecular flexibility index (Phi) is 5.65. The fraction of sp³-hybridized carbons (Fsp3) is 0.500. The first-order valence-electron chi connectivity index (χ1n) is 7.52. The van der Waals surface area contributed by atoms with E-state index >= 15 is 0 Å². The predicted molar refractivity (Wildman–Crippen MR) is 79.4 cm³/mol. The molecule has 1 N–H and O–H groups in total. The van der Waals surface area contributed by atoms with Crippen molar-refractivity contribution in [3.8, 4) is 0 Å². The maximum atomic E-state index is 13.2. The summed E-state index contributed by atoms with van der Waals surface area (Å²) in [6, 6.07) is 2.50. The maximum Gasteiger partial charge on any atom is 0.308 e. The molecule has 0 aliphatic carbocycles. The van der Waals surface area contributed by atoms with E-state index in [4.69, 9.17) is 4.74 Å². The van der Waals surface area contributed by atoms with Crippen LogP contribution in [0, 0.1) is 11.6 Å². The van der Waals surface area contributed by atoms with E-state index in [1.165, 1.54) is 17.0 Å². The second kappa shape index (κ2) is 7.50. The van der Waals surface area contributed by atoms with Crippen LogP contribution in [0.4, 0.5) is 8.78 Å². The monoisotopic (exact) mass is 326 g/mol. The molecule has 2 rings (SSSR count). The van der Waals surface area contributed by atoms with Crippen molar-refractivity contribution in [3.63, 3.8) is 0 Å². The second-order valence-corrected chi connectivity index (χ2v) is 5.79. The topological polar surface area (TPSA) is 58.6 Å². The van der Waals surface area contributed by atoms with Gasteiger partial charge in [-0.1, -0.05) is 0 Å². The van der Waals surface area contributed by atoms with Gasteiger partial charge < -0.3 is 15.0 Å². The average molecular weight is 326 g/mol. The van der Waals surface area contributed by atoms with Gasteiger partial charge in [0.05, 0.1) is 18.6 Å². The molecule has 1 saturated heterocycles. The summed E-state index contributed by atoms with van der Waals surface area (Å²) in [5.74, 6) is -2.09. The summed E-state index contributed by atoms with van der Waals surface area (Å²) < 4.78 is 31.5. The first kappa shape index (κ1) is 17.3. The van der Waals surface area contributed by atoms with Gasteiger partial charge in [-0.2, -0.15) is 0 Å². The van der Waals surface area contributed by atoms with Crippen LogP contribution in [0.2, 0.25) is 0 Å². The zero-order chi connectivity index (χ0) is 17.0. The van der Waals surface area contributed by atoms with Gasteiger partial charge in [-0.3, -0.25) is 9.59 Å². The van der Waals surface area contributed by atoms with E-state index in [2.05, 4.69) is 5.32 Å². The predicted octanol–water partition coefficient (Wildman–Crippen LogP) is 1.61. The Labute approximate surface area is 133 Å². The lowest BCUT2D eigenvalue weighted by atomic mass is 10.1. The highest BCUT2D eigenvalue weighted by atomic mass is 19.1. The van der Waals surface area contributed by atoms with E-state index in [0.717, 1.165) is 6.07 Å². The van der Waals surface area contributed by atoms with Gasteiger partial charge in [-0.25, -0.2) is 8.78 Å². The first-order valence-corrected chi connectivity index (χ1v) is 7.52. The molecule has 1 aliphatic heterocycles. The molecule has 0 radical (unpaired) electrons. The number of rotatable bonds is 5. The van der Waals surface area contributed by atoms with Crippen LogP contribution in [0.5, 0.6) is 0 Å². The highest BCUT2D eigenvalue weighted by molar-refractivity contribution is 5.87. The van der Waals surface area contributed by atoms with Gasteiger partial charge in [0.1, 0.15) is 11.6 Å². The molecule has 23 heavy (non-hydrogen) atoms. The molecule has 1 unspecified atom stereocenters. The molecule has 1 aromatic carbocycles. The standard InChI is InChI=1S/C16H20F2N2O3/c1-10(2)23-15(21)8-14-16(22)20(4-3-19-14)9-11-5-12(17)7-13(18)6-11/h5-7,10,14,19H,3-4,8-9H2,1-2H3. The number of hydrogen-bond donors (Lipinski definition) is 1. The van der Waals surface area contributed by atoms with Crippen LogP contribution in [-0.2, 0) is 20.9 Å². The second-order valence-electron chi connectivity index (χ2n) is 5.79. The number of esters is 1. The molecule has 1 fully saturated rings. The fourth-order valence-corrected chi connectivity index (χ4v) is 2.51. The quantitative estimate of drug-likeness (QED) is 0.835. The van der Waals surface area contributed by atoms with Crippen LogP contribution in [0.25, 0.3) is 0 Å². The molecular formula is C16H20F2N2O3. The number of ether oxygens (including phenoxy) is 1. The van der Waals surface area contributed by atoms with Crippen LogP contribution in [0.15, 0.2) is 18.2 Å². The van der Waals surface area contributed by atoms with Crippen molar-refractivity contribution >= 4 is 11.9 Å². The highest BCUT2D eigenvalue weighted by Crippen LogP contribution is 2.14. The van der Waals surface area contributed by atoms with Crippen molar-refractivity contribution in [2.75, 3.05) is 13.1 Å². The number of nitrogens with zero attached hydrogens (tertiary/aromatic N) is 1. The zero-order valence-corrected chi connectivity index (χ0v) is 13.1. The third-order valence-electron chi connectivity index (χ3n) is 3.42. The molecule has 0 saturated carbocycles. The van der Waals surface area contributed by atoms with Gasteiger partial charge in [0.15, 0.2) is 0 Å². The molecule has 0 bridgehead atoms. The van der Waals surface area contributed by atoms with Gasteiger partial charge in [0, 0.05) is 25.7 Å². The summed E-state index contributed by atoms with van der Waals surface area (Å²) in [5, 5.41) is 2.97. The number of amides is 1. The van der Waals surface area contributed by atoms with Gasteiger partial charge in [0.2, 0.25) is 5.91 Å². The molecule has 5 nitrogen and oxygen atoms in total. The minimum absolute atomic E-state index is 0.0645. The van der Waals surface area contributed by atoms with Gasteiger partial charge >= 0.3 is 5.97 Å². The van der Waals surface area contributed by atoms with Crippen LogP contribution in [0.1, 0.15) is 25.8 Å². The van der Waals surface area contributed by atoms with E-state index < -0.39 is 23.6 Å². The van der Waals surface area contributed by atoms with Crippen molar-refractivity contribution in [2.45, 2.75) is 39.0 Å². The smallest absolute Gasteiger partial charge is 0.308 e. The minimum atomic E-state index is -0.681. The Morgan fingerprint density at radius 3 is 2.61 bits per heavy atom. The Morgan fingerprint density at radius 2 is 2.00 bits per heavy atom. The lowest BCUT2D eigenvalue weighted by molar-refractivity contribution is -0.151. The Hall–Kier alpha value is -2.02. The van der Waals surface area contributed by atoms with E-state index in [0.29, 0.717) is 18.7 Å². The van der Waals surface area contributed by atoms with Crippen molar-refractivity contribution in [1.82, 2.24) is 10.2 Å². The van der Waals surface area contributed by atoms with Gasteiger partial charge in [-0.15, -0.1) is 0 Å². The molecule has 1 aliphatic rings. The van der Waals surface area contributed by atoms with Crippen LogP contribution >= 0.6 is 0 Å². The van der Waals surface area contributed by atoms with Crippen LogP contribution in [-0.4, -0.2) is 42.0 Å². The molecule has 1 aromatic rings. The number of benzene rings is 1. The van der Waals surface area contributed by atoms with Crippen molar-refractivity contribution < 1.29 is 23.1 Å². The number of carbonyl (C=O) groups is 2. The summed E-state index contributed by atoms with van der Waals surface area (Å²) >= 11 is 0. The zero-order valence-electron chi connectivity index (χ0n) is 13.1. The summed E-state index contributed by atoms with van der Waals surface area (Å²) in [6.45, 7) is 4.48. The number of piperazine rings is 1. The summed E-state index contributed by atoms with van der Waals surface area (Å²) in [6.07, 6.45) is -0.307. The summed E-state index contributed by atoms with van der Waals surface area (Å²) in [7, 11) is 0. The van der Waals surface area contributed by atoms with Crippen molar-refractivity contribution in [1.29, 1.82) is 0 Å². The van der Waals surface area contributed by atoms with E-state index in [-0.39, 0.29) is 25.0 Å². The lowest BCUT2D eigenvalue weighted by Crippen LogP contribution is -2.55. The average Bonchev–Trinajstić information content (AvgIpc) is 2.41. The summed E-state index contributed by atoms with van der Waals surface area (Å²) in [5.41, 5.74) is 0.376. The normalized spacial score (nSPS) is 18.4. The van der Waals surface area contributed by atoms with E-state index in [9.17, 15) is 18.4 Å². The van der Waals surface area contributed by atoms with E-state index in [1.54, 1.807) is 13.8 Å². The molecule has 1 amide bonds. The van der Waals surface area contributed by atoms with E-state index in [1.807, 2.05) is 0 Å². The number of hydrogen-bond acceptors (Lipinski definition) is 4. The van der Waals surface area contributed by atoms with Crippen molar-refractivity contribution in [2.24, 2.45) is 0 Å². The first-order chi connectivity index (χ1) is 10.8. The third-order valence-corrected chi connectivity index (χ3v) is 3.42. The maximum absolute atomic E-state index is 13.2. The molecule has 7 heteroatoms. The number of nitrogens with one attached hydrogen (secondary N) is 1. The molecule has 126 valence electrons. The molecule has 1 heterocycles. The fourth-order valence-electron chi connectivity index (χ4n) is 2.51. The SMILES string of the molecule is CC(C)OC(=O)CC1NCCN(Cc2cc(F)cc(F)c2)C1=O. The largest absolute Gasteiger partial charge is 0.463 e. The number of halogens is 2. The molecule has 1 atom stereocenters. The minimum Gasteiger partial charge on any atom is -0.463 e. The Morgan fingerprint density at radius 1 is 1.35 bits per heavy atom.